The number of carbonyl (C=O) groups is 1. The summed E-state index contributed by atoms with van der Waals surface area (Å²) in [5.74, 6) is 0.928. The van der Waals surface area contributed by atoms with E-state index in [4.69, 9.17) is 4.74 Å². The second kappa shape index (κ2) is 12.8. The number of rotatable bonds is 12. The van der Waals surface area contributed by atoms with Gasteiger partial charge in [-0.25, -0.2) is 4.79 Å². The Bertz CT molecular complexity index is 611. The predicted octanol–water partition coefficient (Wildman–Crippen LogP) is 5.89. The van der Waals surface area contributed by atoms with E-state index in [0.717, 1.165) is 25.2 Å². The maximum Gasteiger partial charge on any atom is 0.333 e. The van der Waals surface area contributed by atoms with Crippen molar-refractivity contribution in [2.45, 2.75) is 78.1 Å². The monoisotopic (exact) mass is 400 g/mol. The van der Waals surface area contributed by atoms with Crippen LogP contribution in [0.5, 0.6) is 0 Å². The molecule has 0 spiro atoms. The van der Waals surface area contributed by atoms with Gasteiger partial charge in [0, 0.05) is 18.1 Å². The topological polar surface area (TPSA) is 46.5 Å². The molecule has 2 rings (SSSR count). The lowest BCUT2D eigenvalue weighted by Gasteiger charge is -2.33. The van der Waals surface area contributed by atoms with Gasteiger partial charge >= 0.3 is 5.97 Å². The van der Waals surface area contributed by atoms with Crippen LogP contribution in [-0.4, -0.2) is 24.3 Å². The molecule has 1 fully saturated rings. The van der Waals surface area contributed by atoms with Crippen LogP contribution < -0.4 is 0 Å². The van der Waals surface area contributed by atoms with E-state index in [1.807, 2.05) is 0 Å². The molecule has 3 nitrogen and oxygen atoms in total. The molecule has 162 valence electrons. The smallest absolute Gasteiger partial charge is 0.333 e. The lowest BCUT2D eigenvalue weighted by molar-refractivity contribution is -0.141. The molecule has 1 aromatic carbocycles. The summed E-state index contributed by atoms with van der Waals surface area (Å²) in [6.45, 7) is 7.91. The molecule has 1 unspecified atom stereocenters. The summed E-state index contributed by atoms with van der Waals surface area (Å²) < 4.78 is 5.28. The first-order valence-electron chi connectivity index (χ1n) is 11.5. The first-order chi connectivity index (χ1) is 14.0. The van der Waals surface area contributed by atoms with Crippen molar-refractivity contribution in [3.05, 3.63) is 47.5 Å². The standard InChI is InChI=1S/C26H40O3/c1-4-5-6-7-21-8-10-22(11-9-21)12-13-23-14-16-24(17-15-23)25(18-27)19-29-26(28)20(2)3/h8-11,23-25,27H,2,4-7,12-19H2,1,3H3. The number of benzene rings is 1. The van der Waals surface area contributed by atoms with Crippen molar-refractivity contribution >= 4 is 5.97 Å². The molecule has 0 saturated heterocycles. The molecule has 0 heterocycles. The van der Waals surface area contributed by atoms with Crippen LogP contribution >= 0.6 is 0 Å². The van der Waals surface area contributed by atoms with E-state index in [0.29, 0.717) is 18.1 Å². The third-order valence-corrected chi connectivity index (χ3v) is 6.50. The van der Waals surface area contributed by atoms with E-state index >= 15 is 0 Å². The van der Waals surface area contributed by atoms with Crippen LogP contribution in [0.25, 0.3) is 0 Å². The fourth-order valence-electron chi connectivity index (χ4n) is 4.41. The Kier molecular flexibility index (Phi) is 10.5. The quantitative estimate of drug-likeness (QED) is 0.270. The zero-order chi connectivity index (χ0) is 21.1. The number of carbonyl (C=O) groups excluding carboxylic acids is 1. The molecule has 1 saturated carbocycles. The van der Waals surface area contributed by atoms with Crippen LogP contribution in [0.3, 0.4) is 0 Å². The SMILES string of the molecule is C=C(C)C(=O)OCC(CO)C1CCC(CCc2ccc(CCCCC)cc2)CC1. The molecule has 0 radical (unpaired) electrons. The zero-order valence-corrected chi connectivity index (χ0v) is 18.5. The minimum Gasteiger partial charge on any atom is -0.462 e. The molecule has 3 heteroatoms. The van der Waals surface area contributed by atoms with E-state index in [9.17, 15) is 9.90 Å². The van der Waals surface area contributed by atoms with E-state index in [-0.39, 0.29) is 18.5 Å². The van der Waals surface area contributed by atoms with E-state index in [2.05, 4.69) is 37.8 Å². The van der Waals surface area contributed by atoms with Crippen LogP contribution in [0.4, 0.5) is 0 Å². The maximum absolute atomic E-state index is 11.6. The van der Waals surface area contributed by atoms with Gasteiger partial charge < -0.3 is 9.84 Å². The lowest BCUT2D eigenvalue weighted by atomic mass is 9.74. The number of aryl methyl sites for hydroxylation is 2. The molecule has 1 N–H and O–H groups in total. The fraction of sp³-hybridized carbons (Fsp3) is 0.654. The highest BCUT2D eigenvalue weighted by atomic mass is 16.5. The number of aliphatic hydroxyl groups excluding tert-OH is 1. The molecule has 1 aliphatic carbocycles. The summed E-state index contributed by atoms with van der Waals surface area (Å²) in [6.07, 6.45) is 12.2. The van der Waals surface area contributed by atoms with Gasteiger partial charge in [-0.1, -0.05) is 63.5 Å². The van der Waals surface area contributed by atoms with E-state index in [1.165, 1.54) is 56.1 Å². The van der Waals surface area contributed by atoms with Crippen LogP contribution in [0, 0.1) is 17.8 Å². The number of aliphatic hydroxyl groups is 1. The van der Waals surface area contributed by atoms with Gasteiger partial charge in [-0.15, -0.1) is 0 Å². The summed E-state index contributed by atoms with van der Waals surface area (Å²) in [5.41, 5.74) is 3.33. The van der Waals surface area contributed by atoms with Gasteiger partial charge in [-0.3, -0.25) is 0 Å². The summed E-state index contributed by atoms with van der Waals surface area (Å²) in [4.78, 5) is 11.6. The molecule has 1 aromatic rings. The van der Waals surface area contributed by atoms with Crippen molar-refractivity contribution in [3.8, 4) is 0 Å². The summed E-state index contributed by atoms with van der Waals surface area (Å²) in [5, 5.41) is 9.72. The van der Waals surface area contributed by atoms with E-state index in [1.54, 1.807) is 6.92 Å². The minimum absolute atomic E-state index is 0.0551. The average Bonchev–Trinajstić information content (AvgIpc) is 2.74. The number of esters is 1. The highest BCUT2D eigenvalue weighted by Crippen LogP contribution is 2.35. The number of unbranched alkanes of at least 4 members (excludes halogenated alkanes) is 2. The third-order valence-electron chi connectivity index (χ3n) is 6.50. The Morgan fingerprint density at radius 2 is 1.72 bits per heavy atom. The highest BCUT2D eigenvalue weighted by Gasteiger charge is 2.28. The summed E-state index contributed by atoms with van der Waals surface area (Å²) in [6, 6.07) is 9.23. The molecule has 0 aromatic heterocycles. The van der Waals surface area contributed by atoms with Gasteiger partial charge in [-0.05, 0) is 68.4 Å². The van der Waals surface area contributed by atoms with Crippen molar-refractivity contribution < 1.29 is 14.6 Å². The van der Waals surface area contributed by atoms with Crippen LogP contribution in [0.15, 0.2) is 36.4 Å². The molecular weight excluding hydrogens is 360 g/mol. The van der Waals surface area contributed by atoms with Crippen LogP contribution in [-0.2, 0) is 22.4 Å². The van der Waals surface area contributed by atoms with Crippen molar-refractivity contribution in [2.24, 2.45) is 17.8 Å². The van der Waals surface area contributed by atoms with Gasteiger partial charge in [0.25, 0.3) is 0 Å². The average molecular weight is 401 g/mol. The van der Waals surface area contributed by atoms with Crippen molar-refractivity contribution in [2.75, 3.05) is 13.2 Å². The Hall–Kier alpha value is -1.61. The van der Waals surface area contributed by atoms with E-state index < -0.39 is 0 Å². The summed E-state index contributed by atoms with van der Waals surface area (Å²) in [7, 11) is 0. The molecule has 1 atom stereocenters. The van der Waals surface area contributed by atoms with Crippen molar-refractivity contribution in [1.82, 2.24) is 0 Å². The fourth-order valence-corrected chi connectivity index (χ4v) is 4.41. The third kappa shape index (κ3) is 8.34. The van der Waals surface area contributed by atoms with Gasteiger partial charge in [0.2, 0.25) is 0 Å². The van der Waals surface area contributed by atoms with Gasteiger partial charge in [0.05, 0.1) is 6.61 Å². The number of hydrogen-bond donors (Lipinski definition) is 1. The van der Waals surface area contributed by atoms with Crippen LogP contribution in [0.2, 0.25) is 0 Å². The zero-order valence-electron chi connectivity index (χ0n) is 18.5. The minimum atomic E-state index is -0.353. The number of hydrogen-bond acceptors (Lipinski definition) is 3. The normalized spacial score (nSPS) is 20.2. The van der Waals surface area contributed by atoms with Crippen LogP contribution in [0.1, 0.15) is 76.3 Å². The second-order valence-electron chi connectivity index (χ2n) is 8.91. The molecular formula is C26H40O3. The van der Waals surface area contributed by atoms with Gasteiger partial charge in [0.1, 0.15) is 0 Å². The van der Waals surface area contributed by atoms with Gasteiger partial charge in [0.15, 0.2) is 0 Å². The summed E-state index contributed by atoms with van der Waals surface area (Å²) >= 11 is 0. The molecule has 29 heavy (non-hydrogen) atoms. The maximum atomic E-state index is 11.6. The Balaban J connectivity index is 1.69. The second-order valence-corrected chi connectivity index (χ2v) is 8.91. The van der Waals surface area contributed by atoms with Crippen molar-refractivity contribution in [1.29, 1.82) is 0 Å². The molecule has 1 aliphatic rings. The van der Waals surface area contributed by atoms with Crippen molar-refractivity contribution in [3.63, 3.8) is 0 Å². The van der Waals surface area contributed by atoms with Gasteiger partial charge in [-0.2, -0.15) is 0 Å². The Morgan fingerprint density at radius 1 is 1.10 bits per heavy atom. The largest absolute Gasteiger partial charge is 0.462 e. The predicted molar refractivity (Wildman–Crippen MR) is 120 cm³/mol. The molecule has 0 bridgehead atoms. The molecule has 0 amide bonds. The lowest BCUT2D eigenvalue weighted by Crippen LogP contribution is -2.29. The Labute approximate surface area is 177 Å². The molecule has 0 aliphatic heterocycles. The number of ether oxygens (including phenoxy) is 1. The highest BCUT2D eigenvalue weighted by molar-refractivity contribution is 5.86. The first-order valence-corrected chi connectivity index (χ1v) is 11.5. The first kappa shape index (κ1) is 23.7. The Morgan fingerprint density at radius 3 is 2.28 bits per heavy atom.